The van der Waals surface area contributed by atoms with Gasteiger partial charge >= 0.3 is 0 Å². The lowest BCUT2D eigenvalue weighted by atomic mass is 9.97. The maximum absolute atomic E-state index is 11.4. The predicted molar refractivity (Wildman–Crippen MR) is 94.3 cm³/mol. The van der Waals surface area contributed by atoms with E-state index in [0.29, 0.717) is 18.6 Å². The lowest BCUT2D eigenvalue weighted by molar-refractivity contribution is -0.270. The third kappa shape index (κ3) is 5.53. The van der Waals surface area contributed by atoms with Crippen LogP contribution in [0.2, 0.25) is 0 Å². The fraction of sp³-hybridized carbons (Fsp3) is 0.611. The Labute approximate surface area is 157 Å². The van der Waals surface area contributed by atoms with E-state index in [1.165, 1.54) is 14.0 Å². The molecule has 1 amide bonds. The second-order valence-electron chi connectivity index (χ2n) is 6.41. The molecule has 5 atom stereocenters. The molecule has 0 spiro atoms. The highest BCUT2D eigenvalue weighted by Crippen LogP contribution is 2.27. The maximum Gasteiger partial charge on any atom is 0.217 e. The predicted octanol–water partition coefficient (Wildman–Crippen LogP) is -0.706. The van der Waals surface area contributed by atoms with E-state index in [1.54, 1.807) is 18.2 Å². The highest BCUT2D eigenvalue weighted by Gasteiger charge is 2.45. The molecule has 27 heavy (non-hydrogen) atoms. The number of hydrogen-bond donors (Lipinski definition) is 5. The maximum atomic E-state index is 11.4. The van der Waals surface area contributed by atoms with E-state index in [0.717, 1.165) is 5.56 Å². The smallest absolute Gasteiger partial charge is 0.217 e. The van der Waals surface area contributed by atoms with E-state index in [4.69, 9.17) is 14.2 Å². The third-order valence-corrected chi connectivity index (χ3v) is 4.39. The number of benzene rings is 1. The number of methoxy groups -OCH3 is 1. The number of carbonyl (C=O) groups is 1. The van der Waals surface area contributed by atoms with Gasteiger partial charge in [-0.25, -0.2) is 0 Å². The molecular formula is C18H27NO8. The normalized spacial score (nSPS) is 28.0. The molecule has 1 aromatic rings. The fourth-order valence-corrected chi connectivity index (χ4v) is 2.97. The van der Waals surface area contributed by atoms with Crippen molar-refractivity contribution < 1.29 is 39.4 Å². The van der Waals surface area contributed by atoms with Crippen molar-refractivity contribution in [2.45, 2.75) is 50.4 Å². The molecule has 2 rings (SSSR count). The Kier molecular flexibility index (Phi) is 7.81. The zero-order valence-corrected chi connectivity index (χ0v) is 15.4. The molecular weight excluding hydrogens is 358 g/mol. The van der Waals surface area contributed by atoms with Crippen LogP contribution in [-0.2, 0) is 20.7 Å². The van der Waals surface area contributed by atoms with Crippen molar-refractivity contribution >= 4 is 5.91 Å². The molecule has 0 aromatic heterocycles. The van der Waals surface area contributed by atoms with Crippen molar-refractivity contribution in [3.8, 4) is 11.5 Å². The van der Waals surface area contributed by atoms with Crippen LogP contribution in [0.25, 0.3) is 0 Å². The van der Waals surface area contributed by atoms with Crippen LogP contribution in [0.3, 0.4) is 0 Å². The van der Waals surface area contributed by atoms with E-state index < -0.39 is 43.2 Å². The van der Waals surface area contributed by atoms with E-state index in [-0.39, 0.29) is 12.4 Å². The highest BCUT2D eigenvalue weighted by atomic mass is 16.7. The van der Waals surface area contributed by atoms with Gasteiger partial charge in [0.15, 0.2) is 17.8 Å². The van der Waals surface area contributed by atoms with Crippen molar-refractivity contribution in [2.24, 2.45) is 0 Å². The number of hydrogen-bond acceptors (Lipinski definition) is 8. The molecule has 9 heteroatoms. The molecule has 1 saturated heterocycles. The van der Waals surface area contributed by atoms with Crippen LogP contribution >= 0.6 is 0 Å². The molecule has 0 aliphatic carbocycles. The summed E-state index contributed by atoms with van der Waals surface area (Å²) in [5, 5.41) is 41.6. The Morgan fingerprint density at radius 1 is 1.30 bits per heavy atom. The standard InChI is InChI=1S/C18H27NO8/c1-10(21)19-15-17(24)16(23)14(9-20)27-18(15)26-7-3-4-11-5-6-12(22)13(8-11)25-2/h5-6,8,14-18,20,22-24H,3-4,7,9H2,1-2H3,(H,19,21)/t14-,15-,16-,17-,18-/m1/s1. The van der Waals surface area contributed by atoms with Gasteiger partial charge in [-0.1, -0.05) is 6.07 Å². The van der Waals surface area contributed by atoms with Gasteiger partial charge in [0.05, 0.1) is 20.3 Å². The molecule has 152 valence electrons. The first-order chi connectivity index (χ1) is 12.9. The number of aliphatic hydroxyl groups excluding tert-OH is 3. The summed E-state index contributed by atoms with van der Waals surface area (Å²) < 4.78 is 16.2. The molecule has 9 nitrogen and oxygen atoms in total. The average molecular weight is 385 g/mol. The Bertz CT molecular complexity index is 625. The first-order valence-electron chi connectivity index (χ1n) is 8.74. The number of aromatic hydroxyl groups is 1. The summed E-state index contributed by atoms with van der Waals surface area (Å²) >= 11 is 0. The minimum absolute atomic E-state index is 0.0637. The van der Waals surface area contributed by atoms with Crippen LogP contribution < -0.4 is 10.1 Å². The zero-order chi connectivity index (χ0) is 20.0. The Hall–Kier alpha value is -1.91. The summed E-state index contributed by atoms with van der Waals surface area (Å²) in [4.78, 5) is 11.4. The number of phenols is 1. The molecule has 1 aliphatic heterocycles. The number of aliphatic hydroxyl groups is 3. The van der Waals surface area contributed by atoms with Gasteiger partial charge in [-0.2, -0.15) is 0 Å². The first-order valence-corrected chi connectivity index (χ1v) is 8.74. The highest BCUT2D eigenvalue weighted by molar-refractivity contribution is 5.73. The van der Waals surface area contributed by atoms with E-state index >= 15 is 0 Å². The minimum Gasteiger partial charge on any atom is -0.504 e. The Morgan fingerprint density at radius 3 is 2.67 bits per heavy atom. The zero-order valence-electron chi connectivity index (χ0n) is 15.4. The quantitative estimate of drug-likeness (QED) is 0.370. The lowest BCUT2D eigenvalue weighted by Crippen LogP contribution is -2.64. The van der Waals surface area contributed by atoms with Gasteiger partial charge in [0.25, 0.3) is 0 Å². The average Bonchev–Trinajstić information content (AvgIpc) is 2.65. The summed E-state index contributed by atoms with van der Waals surface area (Å²) in [7, 11) is 1.47. The second-order valence-corrected chi connectivity index (χ2v) is 6.41. The van der Waals surface area contributed by atoms with Gasteiger partial charge in [0.2, 0.25) is 5.91 Å². The Balaban J connectivity index is 1.92. The molecule has 1 fully saturated rings. The summed E-state index contributed by atoms with van der Waals surface area (Å²) in [5.41, 5.74) is 0.944. The van der Waals surface area contributed by atoms with Crippen LogP contribution in [0.1, 0.15) is 18.9 Å². The monoisotopic (exact) mass is 385 g/mol. The molecule has 0 radical (unpaired) electrons. The SMILES string of the molecule is COc1cc(CCCO[C@@H]2O[C@H](CO)[C@@H](O)[C@H](O)[C@H]2NC(C)=O)ccc1O. The fourth-order valence-electron chi connectivity index (χ4n) is 2.97. The number of ether oxygens (including phenoxy) is 3. The molecule has 5 N–H and O–H groups in total. The number of phenolic OH excluding ortho intramolecular Hbond substituents is 1. The first kappa shape index (κ1) is 21.4. The van der Waals surface area contributed by atoms with Gasteiger partial charge in [-0.3, -0.25) is 4.79 Å². The molecule has 1 aromatic carbocycles. The van der Waals surface area contributed by atoms with Crippen molar-refractivity contribution in [1.29, 1.82) is 0 Å². The number of nitrogens with one attached hydrogen (secondary N) is 1. The van der Waals surface area contributed by atoms with Gasteiger partial charge in [0, 0.05) is 6.92 Å². The molecule has 1 heterocycles. The molecule has 0 unspecified atom stereocenters. The van der Waals surface area contributed by atoms with E-state index in [9.17, 15) is 25.2 Å². The van der Waals surface area contributed by atoms with Crippen LogP contribution in [0.5, 0.6) is 11.5 Å². The number of carbonyl (C=O) groups excluding carboxylic acids is 1. The van der Waals surface area contributed by atoms with Crippen LogP contribution in [0, 0.1) is 0 Å². The second kappa shape index (κ2) is 9.86. The number of rotatable bonds is 8. The van der Waals surface area contributed by atoms with Crippen molar-refractivity contribution in [3.63, 3.8) is 0 Å². The van der Waals surface area contributed by atoms with Crippen molar-refractivity contribution in [3.05, 3.63) is 23.8 Å². The van der Waals surface area contributed by atoms with E-state index in [1.807, 2.05) is 0 Å². The topological polar surface area (TPSA) is 138 Å². The van der Waals surface area contributed by atoms with Gasteiger partial charge in [-0.05, 0) is 30.5 Å². The number of aryl methyl sites for hydroxylation is 1. The van der Waals surface area contributed by atoms with Gasteiger partial charge in [-0.15, -0.1) is 0 Å². The van der Waals surface area contributed by atoms with Crippen LogP contribution in [0.4, 0.5) is 0 Å². The van der Waals surface area contributed by atoms with Gasteiger partial charge in [0.1, 0.15) is 24.4 Å². The molecule has 0 saturated carbocycles. The van der Waals surface area contributed by atoms with Crippen molar-refractivity contribution in [2.75, 3.05) is 20.3 Å². The summed E-state index contributed by atoms with van der Waals surface area (Å²) in [6.45, 7) is 1.05. The lowest BCUT2D eigenvalue weighted by Gasteiger charge is -2.42. The molecule has 0 bridgehead atoms. The minimum atomic E-state index is -1.34. The Morgan fingerprint density at radius 2 is 2.04 bits per heavy atom. The van der Waals surface area contributed by atoms with E-state index in [2.05, 4.69) is 5.32 Å². The van der Waals surface area contributed by atoms with Crippen LogP contribution in [-0.4, -0.2) is 77.3 Å². The van der Waals surface area contributed by atoms with Crippen molar-refractivity contribution in [1.82, 2.24) is 5.32 Å². The summed E-state index contributed by atoms with van der Waals surface area (Å²) in [6, 6.07) is 4.11. The third-order valence-electron chi connectivity index (χ3n) is 4.39. The summed E-state index contributed by atoms with van der Waals surface area (Å²) in [6.07, 6.45) is -3.43. The largest absolute Gasteiger partial charge is 0.504 e. The number of amides is 1. The van der Waals surface area contributed by atoms with Gasteiger partial charge < -0.3 is 40.0 Å². The van der Waals surface area contributed by atoms with Crippen LogP contribution in [0.15, 0.2) is 18.2 Å². The summed E-state index contributed by atoms with van der Waals surface area (Å²) in [5.74, 6) is 0.0496. The molecule has 1 aliphatic rings.